The number of fused-ring (bicyclic) bond motifs is 9. The molecule has 5 aromatic rings. The van der Waals surface area contributed by atoms with E-state index in [1.165, 1.54) is 11.3 Å². The summed E-state index contributed by atoms with van der Waals surface area (Å²) >= 11 is 1.49. The molecule has 0 saturated carbocycles. The molecule has 0 aliphatic carbocycles. The molecule has 8 bridgehead atoms. The largest absolute Gasteiger partial charge is 0.295 e. The molecule has 34 heavy (non-hydrogen) atoms. The monoisotopic (exact) mass is 464 g/mol. The van der Waals surface area contributed by atoms with Gasteiger partial charge in [0.1, 0.15) is 21.6 Å². The Labute approximate surface area is 195 Å². The van der Waals surface area contributed by atoms with Crippen molar-refractivity contribution in [1.82, 2.24) is 39.7 Å². The van der Waals surface area contributed by atoms with Crippen LogP contribution in [0.1, 0.15) is 18.1 Å². The third-order valence-electron chi connectivity index (χ3n) is 5.95. The summed E-state index contributed by atoms with van der Waals surface area (Å²) in [6, 6.07) is 9.76. The van der Waals surface area contributed by atoms with Crippen molar-refractivity contribution in [3.05, 3.63) is 55.1 Å². The van der Waals surface area contributed by atoms with Gasteiger partial charge in [-0.2, -0.15) is 0 Å². The zero-order chi connectivity index (χ0) is 22.8. The van der Waals surface area contributed by atoms with Gasteiger partial charge in [-0.05, 0) is 30.3 Å². The van der Waals surface area contributed by atoms with E-state index < -0.39 is 0 Å². The van der Waals surface area contributed by atoms with Crippen molar-refractivity contribution in [3.63, 3.8) is 0 Å². The maximum atomic E-state index is 13.1. The zero-order valence-electron chi connectivity index (χ0n) is 17.9. The van der Waals surface area contributed by atoms with Gasteiger partial charge in [-0.25, -0.2) is 15.0 Å². The van der Waals surface area contributed by atoms with Gasteiger partial charge < -0.3 is 0 Å². The van der Waals surface area contributed by atoms with E-state index in [2.05, 4.69) is 25.1 Å². The minimum Gasteiger partial charge on any atom is -0.295 e. The lowest BCUT2D eigenvalue weighted by Crippen LogP contribution is -2.09. The van der Waals surface area contributed by atoms with Crippen LogP contribution in [0.4, 0.5) is 0 Å². The molecule has 0 spiro atoms. The Hall–Kier alpha value is -4.44. The number of imidazole rings is 1. The summed E-state index contributed by atoms with van der Waals surface area (Å²) in [6.07, 6.45) is 7.37. The highest BCUT2D eigenvalue weighted by Crippen LogP contribution is 2.31. The second kappa shape index (κ2) is 7.03. The standard InChI is InChI=1S/C24H16N8OS/c1-2-18(33)32-14-7-12(9-25-11-14)13-8-15-20(30-31-23(15)27-10-13)24-28-16-5-6-26-22(21(16)29-24)17-3-4-19(32)34-17/h3-11,30H,2H2,1H3,(H,27,31). The molecule has 0 amide bonds. The van der Waals surface area contributed by atoms with Crippen LogP contribution in [0.5, 0.6) is 0 Å². The minimum atomic E-state index is -0.0191. The molecule has 9 nitrogen and oxygen atoms in total. The van der Waals surface area contributed by atoms with E-state index in [1.807, 2.05) is 37.3 Å². The first-order chi connectivity index (χ1) is 16.7. The first-order valence-corrected chi connectivity index (χ1v) is 11.6. The van der Waals surface area contributed by atoms with E-state index in [1.54, 1.807) is 29.4 Å². The van der Waals surface area contributed by atoms with E-state index in [4.69, 9.17) is 9.97 Å². The Bertz CT molecular complexity index is 1940. The predicted molar refractivity (Wildman–Crippen MR) is 133 cm³/mol. The number of hydrogen-bond donors (Lipinski definition) is 2. The zero-order valence-corrected chi connectivity index (χ0v) is 18.7. The lowest BCUT2D eigenvalue weighted by atomic mass is 10.1. The van der Waals surface area contributed by atoms with Crippen LogP contribution in [0.2, 0.25) is 0 Å². The Morgan fingerprint density at radius 3 is 2.82 bits per heavy atom. The third kappa shape index (κ3) is 2.72. The third-order valence-corrected chi connectivity index (χ3v) is 7.02. The number of aromatic amines is 2. The fraction of sp³-hybridized carbons (Fsp3) is 0.0833. The van der Waals surface area contributed by atoms with E-state index in [9.17, 15) is 4.79 Å². The van der Waals surface area contributed by atoms with Crippen molar-refractivity contribution in [1.29, 1.82) is 0 Å². The van der Waals surface area contributed by atoms with Crippen LogP contribution in [-0.4, -0.2) is 45.6 Å². The van der Waals surface area contributed by atoms with E-state index in [-0.39, 0.29) is 5.91 Å². The summed E-state index contributed by atoms with van der Waals surface area (Å²) < 4.78 is 2.62. The number of nitrogens with one attached hydrogen (secondary N) is 2. The molecule has 2 N–H and O–H groups in total. The lowest BCUT2D eigenvalue weighted by molar-refractivity contribution is 0.0918. The van der Waals surface area contributed by atoms with E-state index >= 15 is 0 Å². The van der Waals surface area contributed by atoms with Crippen LogP contribution in [0.15, 0.2) is 55.1 Å². The van der Waals surface area contributed by atoms with Crippen LogP contribution >= 0.6 is 11.3 Å². The first kappa shape index (κ1) is 19.1. The lowest BCUT2D eigenvalue weighted by Gasteiger charge is -2.06. The molecule has 0 unspecified atom stereocenters. The average molecular weight is 465 g/mol. The van der Waals surface area contributed by atoms with Gasteiger partial charge in [0.25, 0.3) is 0 Å². The van der Waals surface area contributed by atoms with Crippen LogP contribution in [0.3, 0.4) is 0 Å². The smallest absolute Gasteiger partial charge is 0.231 e. The van der Waals surface area contributed by atoms with Crippen LogP contribution in [0, 0.1) is 0 Å². The second-order valence-corrected chi connectivity index (χ2v) is 9.03. The molecule has 0 radical (unpaired) electrons. The van der Waals surface area contributed by atoms with Gasteiger partial charge in [-0.15, -0.1) is 11.3 Å². The molecule has 5 aromatic heterocycles. The van der Waals surface area contributed by atoms with Crippen molar-refractivity contribution in [3.8, 4) is 11.3 Å². The van der Waals surface area contributed by atoms with Crippen molar-refractivity contribution < 1.29 is 4.79 Å². The number of rotatable bonds is 1. The summed E-state index contributed by atoms with van der Waals surface area (Å²) in [5, 5.41) is 8.01. The number of H-pyrrole nitrogens is 2. The molecule has 0 aromatic carbocycles. The summed E-state index contributed by atoms with van der Waals surface area (Å²) in [4.78, 5) is 37.1. The SMILES string of the molecule is CCC(=O)n1c2cncc(c2)c2cnc3[nH][nH]c(c4nc5ccnc(c6ccc1s6)c5n4)-c3c2. The van der Waals surface area contributed by atoms with Gasteiger partial charge in [-0.1, -0.05) is 6.92 Å². The van der Waals surface area contributed by atoms with E-state index in [0.29, 0.717) is 28.7 Å². The number of carbonyl (C=O) groups excluding carboxylic acids is 1. The molecule has 7 heterocycles. The first-order valence-electron chi connectivity index (χ1n) is 10.8. The highest BCUT2D eigenvalue weighted by atomic mass is 32.1. The maximum absolute atomic E-state index is 13.1. The average Bonchev–Trinajstić information content (AvgIpc) is 3.61. The Balaban J connectivity index is 1.76. The quantitative estimate of drug-likeness (QED) is 0.344. The summed E-state index contributed by atoms with van der Waals surface area (Å²) in [7, 11) is 0. The highest BCUT2D eigenvalue weighted by Gasteiger charge is 2.16. The summed E-state index contributed by atoms with van der Waals surface area (Å²) in [5.41, 5.74) is 5.78. The van der Waals surface area contributed by atoms with Gasteiger partial charge in [0.05, 0.1) is 21.9 Å². The number of thiophene rings is 1. The van der Waals surface area contributed by atoms with Gasteiger partial charge >= 0.3 is 0 Å². The van der Waals surface area contributed by atoms with Gasteiger partial charge in [0, 0.05) is 41.3 Å². The highest BCUT2D eigenvalue weighted by molar-refractivity contribution is 7.24. The number of hydrogen-bond acceptors (Lipinski definition) is 7. The van der Waals surface area contributed by atoms with Crippen molar-refractivity contribution in [2.75, 3.05) is 0 Å². The Morgan fingerprint density at radius 2 is 1.91 bits per heavy atom. The molecule has 0 fully saturated rings. The second-order valence-electron chi connectivity index (χ2n) is 7.97. The summed E-state index contributed by atoms with van der Waals surface area (Å²) in [6.45, 7) is 1.86. The molecule has 2 aliphatic rings. The molecule has 0 saturated heterocycles. The van der Waals surface area contributed by atoms with Crippen molar-refractivity contribution >= 4 is 70.9 Å². The molecule has 164 valence electrons. The van der Waals surface area contributed by atoms with Crippen molar-refractivity contribution in [2.24, 2.45) is 0 Å². The fourth-order valence-electron chi connectivity index (χ4n) is 4.29. The normalized spacial score (nSPS) is 11.9. The number of nitrogens with zero attached hydrogens (tertiary/aromatic N) is 6. The van der Waals surface area contributed by atoms with Gasteiger partial charge in [0.2, 0.25) is 5.91 Å². The molecule has 2 aliphatic heterocycles. The molecule has 0 atom stereocenters. The molecule has 10 heteroatoms. The van der Waals surface area contributed by atoms with Crippen LogP contribution in [0.25, 0.3) is 64.9 Å². The summed E-state index contributed by atoms with van der Waals surface area (Å²) in [5.74, 6) is -0.0191. The number of aromatic nitrogens is 8. The minimum absolute atomic E-state index is 0.0191. The van der Waals surface area contributed by atoms with Gasteiger partial charge in [0.15, 0.2) is 11.3 Å². The fourth-order valence-corrected chi connectivity index (χ4v) is 5.34. The van der Waals surface area contributed by atoms with Gasteiger partial charge in [-0.3, -0.25) is 29.5 Å². The van der Waals surface area contributed by atoms with Crippen LogP contribution in [-0.2, 0) is 0 Å². The van der Waals surface area contributed by atoms with E-state index in [0.717, 1.165) is 42.6 Å². The van der Waals surface area contributed by atoms with Crippen molar-refractivity contribution in [2.45, 2.75) is 13.3 Å². The topological polar surface area (TPSA) is 118 Å². The van der Waals surface area contributed by atoms with Crippen LogP contribution < -0.4 is 0 Å². The Kier molecular flexibility index (Phi) is 3.94. The number of carbonyl (C=O) groups is 1. The molecule has 7 rings (SSSR count). The predicted octanol–water partition coefficient (Wildman–Crippen LogP) is 5.23. The molecular weight excluding hydrogens is 448 g/mol. The number of pyridine rings is 3. The molecular formula is C24H16N8OS. The Morgan fingerprint density at radius 1 is 1.00 bits per heavy atom. The maximum Gasteiger partial charge on any atom is 0.231 e.